The van der Waals surface area contributed by atoms with E-state index in [0.29, 0.717) is 11.5 Å². The highest BCUT2D eigenvalue weighted by atomic mass is 35.5. The number of hydrogen-bond donors (Lipinski definition) is 3. The summed E-state index contributed by atoms with van der Waals surface area (Å²) in [4.78, 5) is 11.4. The van der Waals surface area contributed by atoms with Crippen LogP contribution in [0.2, 0.25) is 5.02 Å². The molecular formula is C17H19Cl2FN2O5S. The minimum absolute atomic E-state index is 0.0654. The van der Waals surface area contributed by atoms with Crippen molar-refractivity contribution < 1.29 is 27.4 Å². The number of urea groups is 1. The highest BCUT2D eigenvalue weighted by Crippen LogP contribution is 2.45. The molecule has 1 aromatic rings. The van der Waals surface area contributed by atoms with Crippen molar-refractivity contribution in [3.05, 3.63) is 28.3 Å². The third-order valence-corrected chi connectivity index (χ3v) is 7.92. The lowest BCUT2D eigenvalue weighted by Gasteiger charge is -2.29. The zero-order valence-corrected chi connectivity index (χ0v) is 17.0. The number of aromatic hydroxyl groups is 1. The van der Waals surface area contributed by atoms with E-state index >= 15 is 4.39 Å². The van der Waals surface area contributed by atoms with Crippen LogP contribution in [0, 0.1) is 0 Å². The smallest absolute Gasteiger partial charge is 0.319 e. The van der Waals surface area contributed by atoms with Crippen molar-refractivity contribution in [2.75, 3.05) is 18.5 Å². The van der Waals surface area contributed by atoms with Crippen molar-refractivity contribution in [2.45, 2.75) is 41.6 Å². The Morgan fingerprint density at radius 3 is 2.57 bits per heavy atom. The summed E-state index contributed by atoms with van der Waals surface area (Å²) in [6.45, 7) is -0.131. The molecule has 2 amide bonds. The molecule has 0 unspecified atom stereocenters. The van der Waals surface area contributed by atoms with Crippen molar-refractivity contribution in [3.63, 3.8) is 0 Å². The maximum absolute atomic E-state index is 15.1. The molecule has 1 aromatic carbocycles. The zero-order valence-electron chi connectivity index (χ0n) is 14.7. The third kappa shape index (κ3) is 3.94. The molecule has 1 aliphatic heterocycles. The topological polar surface area (TPSA) is 105 Å². The van der Waals surface area contributed by atoms with Crippen LogP contribution < -0.4 is 10.6 Å². The van der Waals surface area contributed by atoms with Gasteiger partial charge in [-0.05, 0) is 25.0 Å². The predicted molar refractivity (Wildman–Crippen MR) is 103 cm³/mol. The molecule has 154 valence electrons. The lowest BCUT2D eigenvalue weighted by Crippen LogP contribution is -2.40. The number of sulfone groups is 1. The average molecular weight is 453 g/mol. The maximum atomic E-state index is 15.1. The minimum Gasteiger partial charge on any atom is -0.504 e. The highest BCUT2D eigenvalue weighted by molar-refractivity contribution is 7.92. The summed E-state index contributed by atoms with van der Waals surface area (Å²) in [7, 11) is -4.64. The number of carbonyl (C=O) groups excluding carboxylic acids is 1. The number of rotatable bonds is 4. The molecule has 1 atom stereocenters. The van der Waals surface area contributed by atoms with Gasteiger partial charge in [0.25, 0.3) is 0 Å². The molecule has 1 saturated heterocycles. The number of alkyl halides is 1. The number of carbonyl (C=O) groups is 1. The first-order valence-corrected chi connectivity index (χ1v) is 10.9. The number of halogens is 3. The van der Waals surface area contributed by atoms with Crippen LogP contribution in [0.15, 0.2) is 28.1 Å². The lowest BCUT2D eigenvalue weighted by molar-refractivity contribution is 0.0323. The number of nitrogens with one attached hydrogen (secondary N) is 2. The second kappa shape index (κ2) is 8.06. The molecule has 1 aliphatic carbocycles. The van der Waals surface area contributed by atoms with Crippen molar-refractivity contribution in [1.82, 2.24) is 5.32 Å². The first-order valence-electron chi connectivity index (χ1n) is 8.61. The average Bonchev–Trinajstić information content (AvgIpc) is 3.02. The Kier molecular flexibility index (Phi) is 6.09. The Morgan fingerprint density at radius 1 is 1.29 bits per heavy atom. The zero-order chi connectivity index (χ0) is 20.5. The molecule has 7 nitrogen and oxygen atoms in total. The second-order valence-corrected chi connectivity index (χ2v) is 9.58. The van der Waals surface area contributed by atoms with Gasteiger partial charge in [0.2, 0.25) is 14.8 Å². The van der Waals surface area contributed by atoms with Gasteiger partial charge in [-0.15, -0.1) is 0 Å². The van der Waals surface area contributed by atoms with Crippen molar-refractivity contribution >= 4 is 44.8 Å². The Balaban J connectivity index is 1.88. The van der Waals surface area contributed by atoms with Gasteiger partial charge in [0, 0.05) is 17.9 Å². The molecule has 1 fully saturated rings. The number of hydrogen-bond acceptors (Lipinski definition) is 5. The summed E-state index contributed by atoms with van der Waals surface area (Å²) < 4.78 is 45.9. The van der Waals surface area contributed by atoms with Crippen LogP contribution in [-0.2, 0) is 14.6 Å². The van der Waals surface area contributed by atoms with Crippen molar-refractivity contribution in [3.8, 4) is 5.75 Å². The van der Waals surface area contributed by atoms with E-state index in [2.05, 4.69) is 10.6 Å². The summed E-state index contributed by atoms with van der Waals surface area (Å²) in [5.74, 6) is -0.820. The Bertz CT molecular complexity index is 916. The molecule has 0 saturated carbocycles. The summed E-state index contributed by atoms with van der Waals surface area (Å²) in [6, 6.07) is 1.35. The van der Waals surface area contributed by atoms with Crippen LogP contribution in [0.1, 0.15) is 25.7 Å². The van der Waals surface area contributed by atoms with Gasteiger partial charge in [0.15, 0.2) is 5.75 Å². The van der Waals surface area contributed by atoms with Crippen LogP contribution in [0.3, 0.4) is 0 Å². The number of phenolic OH excluding ortho intramolecular Hbond substituents is 1. The van der Waals surface area contributed by atoms with Gasteiger partial charge in [-0.1, -0.05) is 29.3 Å². The standard InChI is InChI=1S/C17H19Cl2FN2O5S/c18-10-2-1-3-12(10)21-16(24)22-13-5-4-11(19)15(14(13)23)28(25,26)17(20)6-8-27-9-7-17/h2,4-5,12,23H,1,3,6-9H2,(H2,21,22,24)/t12-/m1/s1. The summed E-state index contributed by atoms with van der Waals surface area (Å²) >= 11 is 12.0. The Hall–Kier alpha value is -1.55. The molecular weight excluding hydrogens is 434 g/mol. The fraction of sp³-hybridized carbons (Fsp3) is 0.471. The number of allylic oxidation sites excluding steroid dienone is 1. The van der Waals surface area contributed by atoms with Gasteiger partial charge in [0.1, 0.15) is 4.90 Å². The van der Waals surface area contributed by atoms with E-state index in [1.165, 1.54) is 12.1 Å². The molecule has 3 rings (SSSR count). The minimum atomic E-state index is -4.64. The number of benzene rings is 1. The van der Waals surface area contributed by atoms with Gasteiger partial charge in [0.05, 0.1) is 30.0 Å². The number of phenols is 1. The van der Waals surface area contributed by atoms with Crippen LogP contribution in [0.5, 0.6) is 5.75 Å². The van der Waals surface area contributed by atoms with E-state index in [0.717, 1.165) is 6.42 Å². The molecule has 0 aromatic heterocycles. The largest absolute Gasteiger partial charge is 0.504 e. The number of ether oxygens (including phenoxy) is 1. The second-order valence-electron chi connectivity index (χ2n) is 6.59. The van der Waals surface area contributed by atoms with E-state index < -0.39 is 31.5 Å². The number of anilines is 1. The Morgan fingerprint density at radius 2 is 1.96 bits per heavy atom. The first-order chi connectivity index (χ1) is 13.2. The van der Waals surface area contributed by atoms with Crippen molar-refractivity contribution in [1.29, 1.82) is 0 Å². The third-order valence-electron chi connectivity index (χ3n) is 4.75. The highest BCUT2D eigenvalue weighted by Gasteiger charge is 2.48. The number of amides is 2. The molecule has 3 N–H and O–H groups in total. The summed E-state index contributed by atoms with van der Waals surface area (Å²) in [6.07, 6.45) is 2.38. The fourth-order valence-electron chi connectivity index (χ4n) is 3.16. The van der Waals surface area contributed by atoms with E-state index in [4.69, 9.17) is 27.9 Å². The fourth-order valence-corrected chi connectivity index (χ4v) is 5.65. The summed E-state index contributed by atoms with van der Waals surface area (Å²) in [5, 5.41) is 13.0. The molecule has 28 heavy (non-hydrogen) atoms. The SMILES string of the molecule is O=C(Nc1ccc(Cl)c(S(=O)(=O)C2(F)CCOCC2)c1O)N[C@@H]1CCC=C1Cl. The molecule has 2 aliphatic rings. The predicted octanol–water partition coefficient (Wildman–Crippen LogP) is 3.70. The molecule has 0 bridgehead atoms. The molecule has 0 radical (unpaired) electrons. The van der Waals surface area contributed by atoms with Crippen LogP contribution in [0.4, 0.5) is 14.9 Å². The van der Waals surface area contributed by atoms with Gasteiger partial charge >= 0.3 is 6.03 Å². The quantitative estimate of drug-likeness (QED) is 0.603. The van der Waals surface area contributed by atoms with Gasteiger partial charge in [-0.2, -0.15) is 0 Å². The van der Waals surface area contributed by atoms with Crippen LogP contribution in [-0.4, -0.2) is 43.8 Å². The first kappa shape index (κ1) is 21.2. The van der Waals surface area contributed by atoms with Crippen LogP contribution >= 0.6 is 23.2 Å². The molecule has 0 spiro atoms. The van der Waals surface area contributed by atoms with Crippen LogP contribution in [0.25, 0.3) is 0 Å². The van der Waals surface area contributed by atoms with E-state index in [9.17, 15) is 18.3 Å². The van der Waals surface area contributed by atoms with E-state index in [-0.39, 0.29) is 42.8 Å². The maximum Gasteiger partial charge on any atom is 0.319 e. The molecule has 1 heterocycles. The van der Waals surface area contributed by atoms with Gasteiger partial charge in [-0.25, -0.2) is 17.6 Å². The van der Waals surface area contributed by atoms with Gasteiger partial charge in [-0.3, -0.25) is 0 Å². The molecule has 11 heteroatoms. The Labute approximate surface area is 171 Å². The lowest BCUT2D eigenvalue weighted by atomic mass is 10.2. The van der Waals surface area contributed by atoms with E-state index in [1.54, 1.807) is 6.08 Å². The normalized spacial score (nSPS) is 21.8. The summed E-state index contributed by atoms with van der Waals surface area (Å²) in [5.41, 5.74) is -0.214. The van der Waals surface area contributed by atoms with Crippen molar-refractivity contribution in [2.24, 2.45) is 0 Å². The van der Waals surface area contributed by atoms with E-state index in [1.807, 2.05) is 0 Å². The monoisotopic (exact) mass is 452 g/mol. The van der Waals surface area contributed by atoms with Gasteiger partial charge < -0.3 is 20.5 Å².